The molecule has 0 atom stereocenters. The maximum atomic E-state index is 11.1. The van der Waals surface area contributed by atoms with Gasteiger partial charge < -0.3 is 10.6 Å². The number of carbonyl (C=O) groups is 1. The third-order valence-corrected chi connectivity index (χ3v) is 2.61. The van der Waals surface area contributed by atoms with Gasteiger partial charge in [-0.25, -0.2) is 0 Å². The summed E-state index contributed by atoms with van der Waals surface area (Å²) in [5.74, 6) is 0.0793. The van der Waals surface area contributed by atoms with Gasteiger partial charge in [0.2, 0.25) is 5.91 Å². The van der Waals surface area contributed by atoms with E-state index in [4.69, 9.17) is 0 Å². The second kappa shape index (κ2) is 5.97. The van der Waals surface area contributed by atoms with E-state index >= 15 is 0 Å². The Morgan fingerprint density at radius 1 is 1.23 bits per heavy atom. The van der Waals surface area contributed by atoms with Crippen molar-refractivity contribution in [3.05, 3.63) is 0 Å². The Kier molecular flexibility index (Phi) is 5.71. The molecule has 0 aliphatic rings. The number of nitrogens with one attached hydrogen (secondary N) is 2. The molecule has 3 heteroatoms. The van der Waals surface area contributed by atoms with Gasteiger partial charge in [0.25, 0.3) is 0 Å². The van der Waals surface area contributed by atoms with Crippen LogP contribution < -0.4 is 10.6 Å². The third kappa shape index (κ3) is 4.88. The van der Waals surface area contributed by atoms with Gasteiger partial charge in [0.1, 0.15) is 0 Å². The van der Waals surface area contributed by atoms with E-state index in [1.54, 1.807) is 0 Å². The maximum absolute atomic E-state index is 11.1. The van der Waals surface area contributed by atoms with Gasteiger partial charge in [-0.3, -0.25) is 4.79 Å². The molecule has 0 aromatic rings. The van der Waals surface area contributed by atoms with E-state index in [9.17, 15) is 4.79 Å². The lowest BCUT2D eigenvalue weighted by atomic mass is 9.96. The monoisotopic (exact) mass is 186 g/mol. The predicted molar refractivity (Wildman–Crippen MR) is 55.7 cm³/mol. The summed E-state index contributed by atoms with van der Waals surface area (Å²) in [6.07, 6.45) is 2.09. The molecule has 0 saturated heterocycles. The largest absolute Gasteiger partial charge is 0.355 e. The topological polar surface area (TPSA) is 41.1 Å². The van der Waals surface area contributed by atoms with Crippen molar-refractivity contribution < 1.29 is 4.79 Å². The predicted octanol–water partition coefficient (Wildman–Crippen LogP) is 1.29. The highest BCUT2D eigenvalue weighted by atomic mass is 16.1. The zero-order chi connectivity index (χ0) is 10.3. The summed E-state index contributed by atoms with van der Waals surface area (Å²) in [4.78, 5) is 11.1. The van der Waals surface area contributed by atoms with Gasteiger partial charge in [-0.05, 0) is 26.7 Å². The fourth-order valence-corrected chi connectivity index (χ4v) is 1.05. The summed E-state index contributed by atoms with van der Waals surface area (Å²) in [7, 11) is 0. The molecule has 1 amide bonds. The van der Waals surface area contributed by atoms with Gasteiger partial charge in [-0.15, -0.1) is 0 Å². The van der Waals surface area contributed by atoms with Crippen molar-refractivity contribution in [2.75, 3.05) is 13.1 Å². The molecule has 0 radical (unpaired) electrons. The Morgan fingerprint density at radius 3 is 2.15 bits per heavy atom. The molecule has 0 aliphatic heterocycles. The molecule has 0 aromatic heterocycles. The molecule has 0 unspecified atom stereocenters. The fraction of sp³-hybridized carbons (Fsp3) is 0.900. The molecule has 0 heterocycles. The van der Waals surface area contributed by atoms with Crippen molar-refractivity contribution in [1.82, 2.24) is 10.6 Å². The zero-order valence-electron chi connectivity index (χ0n) is 9.24. The quantitative estimate of drug-likeness (QED) is 0.656. The molecular weight excluding hydrogens is 164 g/mol. The number of carbonyl (C=O) groups excluding carboxylic acids is 1. The standard InChI is InChI=1S/C10H22N2O/c1-5-10(4,6-2)12-8-9(13)11-7-3/h12H,5-8H2,1-4H3,(H,11,13). The average Bonchev–Trinajstić information content (AvgIpc) is 2.15. The van der Waals surface area contributed by atoms with Crippen molar-refractivity contribution in [2.45, 2.75) is 46.1 Å². The third-order valence-electron chi connectivity index (χ3n) is 2.61. The van der Waals surface area contributed by atoms with Crippen LogP contribution in [0, 0.1) is 0 Å². The molecule has 0 aromatic carbocycles. The molecule has 13 heavy (non-hydrogen) atoms. The number of rotatable bonds is 6. The maximum Gasteiger partial charge on any atom is 0.233 e. The van der Waals surface area contributed by atoms with Crippen LogP contribution in [0.15, 0.2) is 0 Å². The molecule has 78 valence electrons. The lowest BCUT2D eigenvalue weighted by molar-refractivity contribution is -0.120. The molecule has 0 rings (SSSR count). The van der Waals surface area contributed by atoms with Gasteiger partial charge in [0, 0.05) is 12.1 Å². The second-order valence-electron chi connectivity index (χ2n) is 3.57. The highest BCUT2D eigenvalue weighted by Gasteiger charge is 2.19. The van der Waals surface area contributed by atoms with E-state index in [0.717, 1.165) is 12.8 Å². The summed E-state index contributed by atoms with van der Waals surface area (Å²) < 4.78 is 0. The number of hydrogen-bond acceptors (Lipinski definition) is 2. The first-order valence-corrected chi connectivity index (χ1v) is 5.09. The minimum Gasteiger partial charge on any atom is -0.355 e. The fourth-order valence-electron chi connectivity index (χ4n) is 1.05. The Morgan fingerprint density at radius 2 is 1.77 bits per heavy atom. The normalized spacial score (nSPS) is 11.4. The minimum atomic E-state index is 0.0793. The highest BCUT2D eigenvalue weighted by molar-refractivity contribution is 5.77. The summed E-state index contributed by atoms with van der Waals surface area (Å²) in [6.45, 7) is 9.47. The van der Waals surface area contributed by atoms with Gasteiger partial charge in [0.05, 0.1) is 6.54 Å². The Bertz CT molecular complexity index is 153. The lowest BCUT2D eigenvalue weighted by Gasteiger charge is -2.27. The van der Waals surface area contributed by atoms with E-state index < -0.39 is 0 Å². The van der Waals surface area contributed by atoms with Crippen LogP contribution in [0.25, 0.3) is 0 Å². The van der Waals surface area contributed by atoms with E-state index in [0.29, 0.717) is 13.1 Å². The number of amides is 1. The molecule has 0 aliphatic carbocycles. The van der Waals surface area contributed by atoms with Gasteiger partial charge in [0.15, 0.2) is 0 Å². The number of hydrogen-bond donors (Lipinski definition) is 2. The van der Waals surface area contributed by atoms with Crippen LogP contribution in [0.5, 0.6) is 0 Å². The van der Waals surface area contributed by atoms with Crippen molar-refractivity contribution >= 4 is 5.91 Å². The van der Waals surface area contributed by atoms with Crippen LogP contribution in [0.3, 0.4) is 0 Å². The minimum absolute atomic E-state index is 0.0793. The Labute approximate surface area is 81.3 Å². The first-order valence-electron chi connectivity index (χ1n) is 5.09. The molecule has 0 saturated carbocycles. The van der Waals surface area contributed by atoms with Gasteiger partial charge >= 0.3 is 0 Å². The van der Waals surface area contributed by atoms with Crippen molar-refractivity contribution in [2.24, 2.45) is 0 Å². The summed E-state index contributed by atoms with van der Waals surface area (Å²) in [5.41, 5.74) is 0.102. The van der Waals surface area contributed by atoms with Crippen LogP contribution >= 0.6 is 0 Å². The van der Waals surface area contributed by atoms with Gasteiger partial charge in [-0.1, -0.05) is 13.8 Å². The van der Waals surface area contributed by atoms with Crippen LogP contribution in [0.4, 0.5) is 0 Å². The first-order chi connectivity index (χ1) is 6.08. The van der Waals surface area contributed by atoms with E-state index in [1.807, 2.05) is 6.92 Å². The Balaban J connectivity index is 3.78. The second-order valence-corrected chi connectivity index (χ2v) is 3.57. The molecule has 2 N–H and O–H groups in total. The van der Waals surface area contributed by atoms with Crippen molar-refractivity contribution in [3.8, 4) is 0 Å². The molecule has 0 fully saturated rings. The van der Waals surface area contributed by atoms with E-state index in [2.05, 4.69) is 31.4 Å². The molecule has 3 nitrogen and oxygen atoms in total. The summed E-state index contributed by atoms with van der Waals surface area (Å²) >= 11 is 0. The van der Waals surface area contributed by atoms with Crippen LogP contribution in [0.2, 0.25) is 0 Å². The number of likely N-dealkylation sites (N-methyl/N-ethyl adjacent to an activating group) is 1. The molecular formula is C10H22N2O. The SMILES string of the molecule is CCNC(=O)CNC(C)(CC)CC. The average molecular weight is 186 g/mol. The van der Waals surface area contributed by atoms with Crippen LogP contribution in [-0.2, 0) is 4.79 Å². The van der Waals surface area contributed by atoms with E-state index in [1.165, 1.54) is 0 Å². The van der Waals surface area contributed by atoms with Gasteiger partial charge in [-0.2, -0.15) is 0 Å². The smallest absolute Gasteiger partial charge is 0.233 e. The van der Waals surface area contributed by atoms with Crippen molar-refractivity contribution in [3.63, 3.8) is 0 Å². The van der Waals surface area contributed by atoms with E-state index in [-0.39, 0.29) is 11.4 Å². The van der Waals surface area contributed by atoms with Crippen molar-refractivity contribution in [1.29, 1.82) is 0 Å². The molecule has 0 spiro atoms. The Hall–Kier alpha value is -0.570. The molecule has 0 bridgehead atoms. The zero-order valence-corrected chi connectivity index (χ0v) is 9.24. The summed E-state index contributed by atoms with van der Waals surface area (Å²) in [5, 5.41) is 6.03. The highest BCUT2D eigenvalue weighted by Crippen LogP contribution is 2.12. The van der Waals surface area contributed by atoms with Crippen LogP contribution in [0.1, 0.15) is 40.5 Å². The first kappa shape index (κ1) is 12.4. The lowest BCUT2D eigenvalue weighted by Crippen LogP contribution is -2.46. The summed E-state index contributed by atoms with van der Waals surface area (Å²) in [6, 6.07) is 0. The van der Waals surface area contributed by atoms with Crippen LogP contribution in [-0.4, -0.2) is 24.5 Å².